The first kappa shape index (κ1) is 11.0. The molecule has 0 fully saturated rings. The summed E-state index contributed by atoms with van der Waals surface area (Å²) in [6.07, 6.45) is 3.67. The maximum absolute atomic E-state index is 5.80. The maximum Gasteiger partial charge on any atom is 0.202 e. The van der Waals surface area contributed by atoms with Crippen LogP contribution in [0.25, 0.3) is 0 Å². The van der Waals surface area contributed by atoms with Crippen molar-refractivity contribution in [2.45, 2.75) is 0 Å². The van der Waals surface area contributed by atoms with E-state index in [2.05, 4.69) is 5.10 Å². The monoisotopic (exact) mass is 248 g/mol. The molecule has 2 rings (SSSR count). The van der Waals surface area contributed by atoms with Gasteiger partial charge in [0.15, 0.2) is 0 Å². The number of halogens is 1. The summed E-state index contributed by atoms with van der Waals surface area (Å²) in [5.74, 6) is 0. The number of aromatic nitrogens is 1. The lowest BCUT2D eigenvalue weighted by molar-refractivity contribution is -0.678. The third-order valence-corrected chi connectivity index (χ3v) is 2.57. The van der Waals surface area contributed by atoms with Crippen molar-refractivity contribution in [1.82, 2.24) is 0 Å². The van der Waals surface area contributed by atoms with Gasteiger partial charge in [0.1, 0.15) is 0 Å². The van der Waals surface area contributed by atoms with Gasteiger partial charge in [-0.05, 0) is 27.8 Å². The normalized spacial score (nSPS) is 11.4. The van der Waals surface area contributed by atoms with Gasteiger partial charge >= 0.3 is 0 Å². The zero-order chi connectivity index (χ0) is 11.4. The second kappa shape index (κ2) is 5.05. The molecule has 0 radical (unpaired) electrons. The van der Waals surface area contributed by atoms with Crippen LogP contribution in [0.3, 0.4) is 0 Å². The molecule has 4 heteroatoms. The number of benzene rings is 1. The van der Waals surface area contributed by atoms with Gasteiger partial charge in [0, 0.05) is 17.2 Å². The van der Waals surface area contributed by atoms with E-state index < -0.39 is 0 Å². The SMILES string of the molecule is [S-]/C(=N/[n+]1ccccc1)c1ccc(Cl)cc1. The molecule has 0 bridgehead atoms. The number of nitrogens with zero attached hydrogens (tertiary/aromatic N) is 2. The summed E-state index contributed by atoms with van der Waals surface area (Å²) in [6, 6.07) is 13.0. The van der Waals surface area contributed by atoms with Crippen LogP contribution < -0.4 is 4.68 Å². The molecule has 0 spiro atoms. The highest BCUT2D eigenvalue weighted by Gasteiger charge is 1.96. The van der Waals surface area contributed by atoms with E-state index >= 15 is 0 Å². The first-order valence-electron chi connectivity index (χ1n) is 4.74. The Morgan fingerprint density at radius 2 is 1.69 bits per heavy atom. The molecule has 0 amide bonds. The Bertz CT molecular complexity index is 494. The summed E-state index contributed by atoms with van der Waals surface area (Å²) in [7, 11) is 0. The van der Waals surface area contributed by atoms with Crippen LogP contribution in [0.5, 0.6) is 0 Å². The van der Waals surface area contributed by atoms with Crippen molar-refractivity contribution in [3.05, 3.63) is 65.4 Å². The molecule has 0 atom stereocenters. The van der Waals surface area contributed by atoms with Crippen LogP contribution >= 0.6 is 11.6 Å². The zero-order valence-corrected chi connectivity index (χ0v) is 9.95. The quantitative estimate of drug-likeness (QED) is 0.345. The van der Waals surface area contributed by atoms with Crippen LogP contribution in [0.1, 0.15) is 5.56 Å². The molecule has 2 aromatic rings. The molecule has 2 nitrogen and oxygen atoms in total. The topological polar surface area (TPSA) is 16.2 Å². The molecule has 0 N–H and O–H groups in total. The van der Waals surface area contributed by atoms with Crippen LogP contribution in [0.15, 0.2) is 60.0 Å². The fraction of sp³-hybridized carbons (Fsp3) is 0. The van der Waals surface area contributed by atoms with Gasteiger partial charge in [-0.25, -0.2) is 0 Å². The lowest BCUT2D eigenvalue weighted by Crippen LogP contribution is -2.27. The van der Waals surface area contributed by atoms with Crippen molar-refractivity contribution in [2.24, 2.45) is 5.10 Å². The van der Waals surface area contributed by atoms with Crippen molar-refractivity contribution < 1.29 is 4.68 Å². The summed E-state index contributed by atoms with van der Waals surface area (Å²) in [5.41, 5.74) is 0.885. The zero-order valence-electron chi connectivity index (χ0n) is 8.38. The highest BCUT2D eigenvalue weighted by molar-refractivity contribution is 7.78. The number of rotatable bonds is 2. The van der Waals surface area contributed by atoms with E-state index in [1.54, 1.807) is 16.8 Å². The Morgan fingerprint density at radius 3 is 2.31 bits per heavy atom. The summed E-state index contributed by atoms with van der Waals surface area (Å²) in [5, 5.41) is 5.49. The van der Waals surface area contributed by atoms with Gasteiger partial charge in [0.25, 0.3) is 0 Å². The van der Waals surface area contributed by atoms with Gasteiger partial charge in [-0.3, -0.25) is 0 Å². The average molecular weight is 249 g/mol. The fourth-order valence-corrected chi connectivity index (χ4v) is 1.57. The van der Waals surface area contributed by atoms with Gasteiger partial charge in [-0.15, -0.1) is 0 Å². The Labute approximate surface area is 105 Å². The molecule has 0 aliphatic carbocycles. The predicted molar refractivity (Wildman–Crippen MR) is 67.4 cm³/mol. The van der Waals surface area contributed by atoms with E-state index in [0.29, 0.717) is 10.1 Å². The average Bonchev–Trinajstić information content (AvgIpc) is 2.31. The Kier molecular flexibility index (Phi) is 3.49. The molecule has 1 aromatic heterocycles. The van der Waals surface area contributed by atoms with E-state index in [1.165, 1.54) is 0 Å². The lowest BCUT2D eigenvalue weighted by atomic mass is 10.2. The van der Waals surface area contributed by atoms with Crippen LogP contribution in [-0.4, -0.2) is 5.04 Å². The summed E-state index contributed by atoms with van der Waals surface area (Å²) in [6.45, 7) is 0. The van der Waals surface area contributed by atoms with E-state index in [1.807, 2.05) is 42.7 Å². The molecule has 0 saturated heterocycles. The smallest absolute Gasteiger partial charge is 0.202 e. The lowest BCUT2D eigenvalue weighted by Gasteiger charge is -2.06. The Hall–Kier alpha value is -1.45. The van der Waals surface area contributed by atoms with Crippen LogP contribution in [0.4, 0.5) is 0 Å². The number of hydrogen-bond acceptors (Lipinski definition) is 2. The van der Waals surface area contributed by atoms with Gasteiger partial charge in [-0.1, -0.05) is 34.5 Å². The standard InChI is InChI=1S/C12H9ClN2S/c13-11-6-4-10(5-7-11)12(16)14-15-8-2-1-3-9-15/h1-9H. The van der Waals surface area contributed by atoms with Crippen molar-refractivity contribution in [2.75, 3.05) is 0 Å². The molecule has 0 unspecified atom stereocenters. The van der Waals surface area contributed by atoms with Gasteiger partial charge < -0.3 is 12.6 Å². The third-order valence-electron chi connectivity index (χ3n) is 2.00. The molecule has 1 heterocycles. The first-order valence-corrected chi connectivity index (χ1v) is 5.52. The molecule has 0 saturated carbocycles. The van der Waals surface area contributed by atoms with E-state index in [0.717, 1.165) is 5.56 Å². The summed E-state index contributed by atoms with van der Waals surface area (Å²) in [4.78, 5) is 0. The molecule has 0 aliphatic rings. The molecule has 0 aliphatic heterocycles. The van der Waals surface area contributed by atoms with Gasteiger partial charge in [0.2, 0.25) is 12.4 Å². The molecular weight excluding hydrogens is 240 g/mol. The van der Waals surface area contributed by atoms with E-state index in [4.69, 9.17) is 24.2 Å². The minimum absolute atomic E-state index is 0.535. The second-order valence-corrected chi connectivity index (χ2v) is 3.99. The highest BCUT2D eigenvalue weighted by atomic mass is 35.5. The van der Waals surface area contributed by atoms with Crippen LogP contribution in [0.2, 0.25) is 5.02 Å². The first-order chi connectivity index (χ1) is 7.75. The Morgan fingerprint density at radius 1 is 1.06 bits per heavy atom. The van der Waals surface area contributed by atoms with Gasteiger partial charge in [-0.2, -0.15) is 0 Å². The Balaban J connectivity index is 2.28. The van der Waals surface area contributed by atoms with Crippen molar-refractivity contribution in [1.29, 1.82) is 0 Å². The molecule has 1 aromatic carbocycles. The largest absolute Gasteiger partial charge is 0.754 e. The fourth-order valence-electron chi connectivity index (χ4n) is 1.21. The minimum Gasteiger partial charge on any atom is -0.754 e. The maximum atomic E-state index is 5.80. The van der Waals surface area contributed by atoms with Gasteiger partial charge in [0.05, 0.1) is 0 Å². The van der Waals surface area contributed by atoms with E-state index in [9.17, 15) is 0 Å². The van der Waals surface area contributed by atoms with E-state index in [-0.39, 0.29) is 0 Å². The summed E-state index contributed by atoms with van der Waals surface area (Å²) >= 11 is 11.0. The second-order valence-electron chi connectivity index (χ2n) is 3.17. The molecular formula is C12H9ClN2S. The number of hydrogen-bond donors (Lipinski definition) is 0. The predicted octanol–water partition coefficient (Wildman–Crippen LogP) is 2.38. The van der Waals surface area contributed by atoms with Crippen LogP contribution in [-0.2, 0) is 12.6 Å². The van der Waals surface area contributed by atoms with Crippen molar-refractivity contribution >= 4 is 29.3 Å². The molecule has 16 heavy (non-hydrogen) atoms. The summed E-state index contributed by atoms with van der Waals surface area (Å²) < 4.78 is 1.68. The minimum atomic E-state index is 0.535. The van der Waals surface area contributed by atoms with Crippen molar-refractivity contribution in [3.63, 3.8) is 0 Å². The third kappa shape index (κ3) is 2.78. The van der Waals surface area contributed by atoms with Crippen LogP contribution in [0, 0.1) is 0 Å². The van der Waals surface area contributed by atoms with Crippen molar-refractivity contribution in [3.8, 4) is 0 Å². The number of pyridine rings is 1. The molecule has 80 valence electrons. The highest BCUT2D eigenvalue weighted by Crippen LogP contribution is 2.09.